The number of hydrogen-bond acceptors (Lipinski definition) is 4. The fourth-order valence-electron chi connectivity index (χ4n) is 3.50. The summed E-state index contributed by atoms with van der Waals surface area (Å²) in [5, 5.41) is 3.90. The van der Waals surface area contributed by atoms with Gasteiger partial charge in [0, 0.05) is 29.8 Å². The maximum absolute atomic E-state index is 12.7. The number of hydrogen-bond donors (Lipinski definition) is 1. The van der Waals surface area contributed by atoms with Crippen molar-refractivity contribution in [3.63, 3.8) is 0 Å². The number of nitrogens with zero attached hydrogens (tertiary/aromatic N) is 2. The van der Waals surface area contributed by atoms with Gasteiger partial charge in [-0.15, -0.1) is 11.3 Å². The minimum Gasteiger partial charge on any atom is -0.337 e. The highest BCUT2D eigenvalue weighted by molar-refractivity contribution is 7.21. The molecule has 1 atom stereocenters. The number of likely N-dealkylation sites (tertiary alicyclic amines) is 1. The van der Waals surface area contributed by atoms with Crippen LogP contribution in [0.4, 0.5) is 5.69 Å². The van der Waals surface area contributed by atoms with Crippen molar-refractivity contribution in [3.05, 3.63) is 48.5 Å². The van der Waals surface area contributed by atoms with Gasteiger partial charge < -0.3 is 10.2 Å². The number of amides is 2. The van der Waals surface area contributed by atoms with Crippen LogP contribution in [0.1, 0.15) is 27.2 Å². The van der Waals surface area contributed by atoms with Gasteiger partial charge in [-0.3, -0.25) is 9.59 Å². The Morgan fingerprint density at radius 3 is 2.68 bits per heavy atom. The van der Waals surface area contributed by atoms with E-state index in [2.05, 4.69) is 16.4 Å². The lowest BCUT2D eigenvalue weighted by Gasteiger charge is -2.31. The van der Waals surface area contributed by atoms with E-state index in [1.807, 2.05) is 63.2 Å². The number of thiazole rings is 1. The highest BCUT2D eigenvalue weighted by Gasteiger charge is 2.39. The summed E-state index contributed by atoms with van der Waals surface area (Å²) in [5.41, 5.74) is 2.41. The van der Waals surface area contributed by atoms with Crippen LogP contribution in [0.5, 0.6) is 0 Å². The number of benzene rings is 2. The number of carbonyl (C=O) groups excluding carboxylic acids is 2. The smallest absolute Gasteiger partial charge is 0.229 e. The first-order valence-corrected chi connectivity index (χ1v) is 10.2. The zero-order valence-corrected chi connectivity index (χ0v) is 17.0. The quantitative estimate of drug-likeness (QED) is 0.710. The molecule has 2 heterocycles. The van der Waals surface area contributed by atoms with Gasteiger partial charge in [-0.1, -0.05) is 24.3 Å². The Hall–Kier alpha value is -2.73. The molecule has 0 spiro atoms. The van der Waals surface area contributed by atoms with Gasteiger partial charge in [-0.05, 0) is 45.0 Å². The SMILES string of the molecule is CC(C)(C)N1CC(C(=O)Nc2cccc(-c3nc4ccccc4s3)c2)CC1=O. The molecular weight excluding hydrogens is 370 g/mol. The van der Waals surface area contributed by atoms with Gasteiger partial charge in [0.25, 0.3) is 0 Å². The first-order valence-electron chi connectivity index (χ1n) is 9.38. The van der Waals surface area contributed by atoms with Gasteiger partial charge in [-0.25, -0.2) is 4.98 Å². The van der Waals surface area contributed by atoms with Crippen molar-refractivity contribution < 1.29 is 9.59 Å². The van der Waals surface area contributed by atoms with Crippen LogP contribution >= 0.6 is 11.3 Å². The molecule has 1 N–H and O–H groups in total. The third kappa shape index (κ3) is 3.64. The number of nitrogens with one attached hydrogen (secondary N) is 1. The zero-order chi connectivity index (χ0) is 19.9. The van der Waals surface area contributed by atoms with Gasteiger partial charge in [-0.2, -0.15) is 0 Å². The Balaban J connectivity index is 1.51. The third-order valence-electron chi connectivity index (χ3n) is 4.98. The third-order valence-corrected chi connectivity index (χ3v) is 6.06. The van der Waals surface area contributed by atoms with E-state index in [0.717, 1.165) is 26.5 Å². The van der Waals surface area contributed by atoms with Crippen LogP contribution in [-0.4, -0.2) is 33.8 Å². The lowest BCUT2D eigenvalue weighted by molar-refractivity contribution is -0.131. The molecule has 0 bridgehead atoms. The largest absolute Gasteiger partial charge is 0.337 e. The molecule has 144 valence electrons. The van der Waals surface area contributed by atoms with E-state index in [9.17, 15) is 9.59 Å². The van der Waals surface area contributed by atoms with E-state index in [4.69, 9.17) is 0 Å². The molecule has 1 fully saturated rings. The minimum atomic E-state index is -0.321. The standard InChI is InChI=1S/C22H23N3O2S/c1-22(2,3)25-13-15(12-19(25)26)20(27)23-16-8-6-7-14(11-16)21-24-17-9-4-5-10-18(17)28-21/h4-11,15H,12-13H2,1-3H3,(H,23,27). The minimum absolute atomic E-state index is 0.0378. The van der Waals surface area contributed by atoms with E-state index in [-0.39, 0.29) is 29.7 Å². The average Bonchev–Trinajstić information content (AvgIpc) is 3.25. The van der Waals surface area contributed by atoms with Gasteiger partial charge in [0.05, 0.1) is 16.1 Å². The summed E-state index contributed by atoms with van der Waals surface area (Å²) < 4.78 is 1.14. The Kier molecular flexibility index (Phi) is 4.67. The van der Waals surface area contributed by atoms with E-state index in [0.29, 0.717) is 6.54 Å². The topological polar surface area (TPSA) is 62.3 Å². The monoisotopic (exact) mass is 393 g/mol. The molecule has 6 heteroatoms. The van der Waals surface area contributed by atoms with Gasteiger partial charge in [0.1, 0.15) is 5.01 Å². The summed E-state index contributed by atoms with van der Waals surface area (Å²) in [4.78, 5) is 31.4. The summed E-state index contributed by atoms with van der Waals surface area (Å²) in [6, 6.07) is 15.8. The Labute approximate surface area is 168 Å². The van der Waals surface area contributed by atoms with Crippen LogP contribution in [-0.2, 0) is 9.59 Å². The van der Waals surface area contributed by atoms with Crippen molar-refractivity contribution in [1.29, 1.82) is 0 Å². The van der Waals surface area contributed by atoms with Crippen LogP contribution in [0.15, 0.2) is 48.5 Å². The first kappa shape index (κ1) is 18.6. The summed E-state index contributed by atoms with van der Waals surface area (Å²) in [6.07, 6.45) is 0.265. The predicted molar refractivity (Wildman–Crippen MR) is 113 cm³/mol. The molecule has 1 aliphatic heterocycles. The number of fused-ring (bicyclic) bond motifs is 1. The van der Waals surface area contributed by atoms with E-state index in [1.165, 1.54) is 0 Å². The van der Waals surface area contributed by atoms with Crippen LogP contribution < -0.4 is 5.32 Å². The number of para-hydroxylation sites is 1. The normalized spacial score (nSPS) is 17.3. The van der Waals surface area contributed by atoms with E-state index in [1.54, 1.807) is 16.2 Å². The van der Waals surface area contributed by atoms with Crippen LogP contribution in [0.3, 0.4) is 0 Å². The highest BCUT2D eigenvalue weighted by atomic mass is 32.1. The Morgan fingerprint density at radius 2 is 1.96 bits per heavy atom. The Bertz CT molecular complexity index is 1020. The molecule has 0 saturated carbocycles. The maximum Gasteiger partial charge on any atom is 0.229 e. The molecule has 1 unspecified atom stereocenters. The molecule has 5 nitrogen and oxygen atoms in total. The summed E-state index contributed by atoms with van der Waals surface area (Å²) in [5.74, 6) is -0.393. The molecule has 2 aromatic carbocycles. The van der Waals surface area contributed by atoms with Crippen LogP contribution in [0.2, 0.25) is 0 Å². The molecule has 28 heavy (non-hydrogen) atoms. The second-order valence-electron chi connectivity index (χ2n) is 8.13. The van der Waals surface area contributed by atoms with E-state index < -0.39 is 0 Å². The molecular formula is C22H23N3O2S. The molecule has 1 aliphatic rings. The van der Waals surface area contributed by atoms with Crippen molar-refractivity contribution in [2.24, 2.45) is 5.92 Å². The molecule has 0 radical (unpaired) electrons. The fourth-order valence-corrected chi connectivity index (χ4v) is 4.46. The zero-order valence-electron chi connectivity index (χ0n) is 16.2. The van der Waals surface area contributed by atoms with Crippen LogP contribution in [0.25, 0.3) is 20.8 Å². The summed E-state index contributed by atoms with van der Waals surface area (Å²) in [7, 11) is 0. The second kappa shape index (κ2) is 7.02. The van der Waals surface area contributed by atoms with Crippen molar-refractivity contribution in [2.75, 3.05) is 11.9 Å². The predicted octanol–water partition coefficient (Wildman–Crippen LogP) is 4.55. The molecule has 2 amide bonds. The molecule has 1 aromatic heterocycles. The number of aromatic nitrogens is 1. The number of anilines is 1. The van der Waals surface area contributed by atoms with E-state index >= 15 is 0 Å². The van der Waals surface area contributed by atoms with Crippen molar-refractivity contribution in [3.8, 4) is 10.6 Å². The molecule has 1 saturated heterocycles. The Morgan fingerprint density at radius 1 is 1.18 bits per heavy atom. The lowest BCUT2D eigenvalue weighted by atomic mass is 10.1. The average molecular weight is 394 g/mol. The highest BCUT2D eigenvalue weighted by Crippen LogP contribution is 2.32. The molecule has 3 aromatic rings. The van der Waals surface area contributed by atoms with Crippen LogP contribution in [0, 0.1) is 5.92 Å². The molecule has 0 aliphatic carbocycles. The lowest BCUT2D eigenvalue weighted by Crippen LogP contribution is -2.42. The van der Waals surface area contributed by atoms with Gasteiger partial charge in [0.15, 0.2) is 0 Å². The van der Waals surface area contributed by atoms with Gasteiger partial charge in [0.2, 0.25) is 11.8 Å². The first-order chi connectivity index (χ1) is 13.3. The molecule has 4 rings (SSSR count). The van der Waals surface area contributed by atoms with Gasteiger partial charge >= 0.3 is 0 Å². The summed E-state index contributed by atoms with van der Waals surface area (Å²) in [6.45, 7) is 6.44. The number of rotatable bonds is 3. The maximum atomic E-state index is 12.7. The van der Waals surface area contributed by atoms with Crippen molar-refractivity contribution in [1.82, 2.24) is 9.88 Å². The van der Waals surface area contributed by atoms with Crippen molar-refractivity contribution in [2.45, 2.75) is 32.7 Å². The second-order valence-corrected chi connectivity index (χ2v) is 9.16. The van der Waals surface area contributed by atoms with Crippen molar-refractivity contribution >= 4 is 39.1 Å². The fraction of sp³-hybridized carbons (Fsp3) is 0.318. The summed E-state index contributed by atoms with van der Waals surface area (Å²) >= 11 is 1.63. The number of carbonyl (C=O) groups is 2.